The highest BCUT2D eigenvalue weighted by Crippen LogP contribution is 2.24. The molecule has 1 aromatic carbocycles. The third kappa shape index (κ3) is 2.77. The lowest BCUT2D eigenvalue weighted by Gasteiger charge is -2.32. The van der Waals surface area contributed by atoms with E-state index in [4.69, 9.17) is 5.73 Å². The zero-order valence-corrected chi connectivity index (χ0v) is 12.6. The molecule has 8 heteroatoms. The standard InChI is InChI=1S/C13H17N3O4S/c1-3-11-13(18)15-12(17)7-16(11)21(19,20)9-5-4-8(2)10(14)6-9/h4-6,11H,3,7,14H2,1-2H3,(H,15,17,18). The van der Waals surface area contributed by atoms with Gasteiger partial charge in [0.05, 0.1) is 11.4 Å². The first-order valence-electron chi connectivity index (χ1n) is 6.49. The summed E-state index contributed by atoms with van der Waals surface area (Å²) in [4.78, 5) is 23.2. The van der Waals surface area contributed by atoms with Gasteiger partial charge in [-0.15, -0.1) is 0 Å². The smallest absolute Gasteiger partial charge is 0.245 e. The Bertz CT molecular complexity index is 699. The minimum Gasteiger partial charge on any atom is -0.398 e. The van der Waals surface area contributed by atoms with E-state index in [9.17, 15) is 18.0 Å². The van der Waals surface area contributed by atoms with Crippen molar-refractivity contribution in [3.05, 3.63) is 23.8 Å². The lowest BCUT2D eigenvalue weighted by Crippen LogP contribution is -2.59. The Morgan fingerprint density at radius 3 is 2.62 bits per heavy atom. The van der Waals surface area contributed by atoms with Crippen molar-refractivity contribution in [1.82, 2.24) is 9.62 Å². The van der Waals surface area contributed by atoms with E-state index in [0.717, 1.165) is 9.87 Å². The molecular formula is C13H17N3O4S. The monoisotopic (exact) mass is 311 g/mol. The molecule has 0 saturated carbocycles. The van der Waals surface area contributed by atoms with Gasteiger partial charge < -0.3 is 5.73 Å². The van der Waals surface area contributed by atoms with Gasteiger partial charge in [-0.1, -0.05) is 13.0 Å². The number of sulfonamides is 1. The Balaban J connectivity index is 2.47. The van der Waals surface area contributed by atoms with Crippen molar-refractivity contribution in [1.29, 1.82) is 0 Å². The van der Waals surface area contributed by atoms with E-state index in [1.807, 2.05) is 0 Å². The summed E-state index contributed by atoms with van der Waals surface area (Å²) in [6, 6.07) is 3.46. The Kier molecular flexibility index (Phi) is 4.02. The van der Waals surface area contributed by atoms with Crippen LogP contribution in [0.25, 0.3) is 0 Å². The molecule has 0 aromatic heterocycles. The summed E-state index contributed by atoms with van der Waals surface area (Å²) >= 11 is 0. The van der Waals surface area contributed by atoms with E-state index in [1.54, 1.807) is 19.9 Å². The maximum atomic E-state index is 12.6. The molecular weight excluding hydrogens is 294 g/mol. The van der Waals surface area contributed by atoms with Crippen LogP contribution in [0.4, 0.5) is 5.69 Å². The molecule has 0 bridgehead atoms. The average Bonchev–Trinajstić information content (AvgIpc) is 2.41. The number of nitrogen functional groups attached to an aromatic ring is 1. The van der Waals surface area contributed by atoms with Crippen LogP contribution < -0.4 is 11.1 Å². The van der Waals surface area contributed by atoms with Gasteiger partial charge in [0.1, 0.15) is 6.04 Å². The van der Waals surface area contributed by atoms with Gasteiger partial charge in [0.15, 0.2) is 0 Å². The molecule has 1 aliphatic heterocycles. The summed E-state index contributed by atoms with van der Waals surface area (Å²) in [7, 11) is -3.96. The summed E-state index contributed by atoms with van der Waals surface area (Å²) in [5.41, 5.74) is 6.84. The van der Waals surface area contributed by atoms with Crippen LogP contribution in [0.5, 0.6) is 0 Å². The number of rotatable bonds is 3. The molecule has 1 aliphatic rings. The van der Waals surface area contributed by atoms with Crippen LogP contribution in [-0.2, 0) is 19.6 Å². The summed E-state index contributed by atoms with van der Waals surface area (Å²) in [6.07, 6.45) is 0.277. The maximum absolute atomic E-state index is 12.6. The highest BCUT2D eigenvalue weighted by atomic mass is 32.2. The number of amides is 2. The van der Waals surface area contributed by atoms with Gasteiger partial charge in [0.2, 0.25) is 21.8 Å². The lowest BCUT2D eigenvalue weighted by molar-refractivity contribution is -0.137. The average molecular weight is 311 g/mol. The fourth-order valence-electron chi connectivity index (χ4n) is 2.20. The second-order valence-electron chi connectivity index (χ2n) is 4.91. The number of nitrogens with two attached hydrogens (primary N) is 1. The van der Waals surface area contributed by atoms with E-state index < -0.39 is 27.9 Å². The quantitative estimate of drug-likeness (QED) is 0.603. The van der Waals surface area contributed by atoms with Crippen LogP contribution in [-0.4, -0.2) is 37.1 Å². The van der Waals surface area contributed by atoms with Crippen molar-refractivity contribution in [2.24, 2.45) is 0 Å². The minimum absolute atomic E-state index is 0.0217. The molecule has 7 nitrogen and oxygen atoms in total. The Labute approximate surface area is 123 Å². The van der Waals surface area contributed by atoms with E-state index in [1.165, 1.54) is 12.1 Å². The number of benzene rings is 1. The second kappa shape index (κ2) is 5.45. The topological polar surface area (TPSA) is 110 Å². The van der Waals surface area contributed by atoms with E-state index in [-0.39, 0.29) is 17.9 Å². The number of anilines is 1. The maximum Gasteiger partial charge on any atom is 0.245 e. The molecule has 1 aromatic rings. The zero-order chi connectivity index (χ0) is 15.8. The molecule has 1 atom stereocenters. The number of imide groups is 1. The van der Waals surface area contributed by atoms with Gasteiger partial charge in [-0.25, -0.2) is 8.42 Å². The third-order valence-corrected chi connectivity index (χ3v) is 5.31. The summed E-state index contributed by atoms with van der Waals surface area (Å²) in [5, 5.41) is 2.15. The van der Waals surface area contributed by atoms with Gasteiger partial charge in [0.25, 0.3) is 0 Å². The number of hydrogen-bond acceptors (Lipinski definition) is 5. The van der Waals surface area contributed by atoms with Gasteiger partial charge in [-0.3, -0.25) is 14.9 Å². The predicted molar refractivity (Wildman–Crippen MR) is 76.7 cm³/mol. The molecule has 21 heavy (non-hydrogen) atoms. The van der Waals surface area contributed by atoms with Crippen molar-refractivity contribution in [2.75, 3.05) is 12.3 Å². The van der Waals surface area contributed by atoms with Gasteiger partial charge in [0, 0.05) is 5.69 Å². The van der Waals surface area contributed by atoms with Crippen LogP contribution >= 0.6 is 0 Å². The van der Waals surface area contributed by atoms with Crippen molar-refractivity contribution in [3.8, 4) is 0 Å². The second-order valence-corrected chi connectivity index (χ2v) is 6.80. The molecule has 2 amide bonds. The summed E-state index contributed by atoms with van der Waals surface area (Å²) in [5.74, 6) is -1.23. The fourth-order valence-corrected chi connectivity index (χ4v) is 3.85. The number of carbonyl (C=O) groups is 2. The first kappa shape index (κ1) is 15.5. The van der Waals surface area contributed by atoms with Crippen molar-refractivity contribution >= 4 is 27.5 Å². The molecule has 1 saturated heterocycles. The normalized spacial score (nSPS) is 20.4. The van der Waals surface area contributed by atoms with Gasteiger partial charge in [-0.05, 0) is 31.0 Å². The van der Waals surface area contributed by atoms with Crippen LogP contribution in [0.2, 0.25) is 0 Å². The van der Waals surface area contributed by atoms with Crippen LogP contribution in [0, 0.1) is 6.92 Å². The third-order valence-electron chi connectivity index (χ3n) is 3.46. The molecule has 1 fully saturated rings. The van der Waals surface area contributed by atoms with Crippen molar-refractivity contribution in [3.63, 3.8) is 0 Å². The molecule has 0 spiro atoms. The van der Waals surface area contributed by atoms with E-state index in [2.05, 4.69) is 5.32 Å². The molecule has 3 N–H and O–H groups in total. The SMILES string of the molecule is CCC1C(=O)NC(=O)CN1S(=O)(=O)c1ccc(C)c(N)c1. The summed E-state index contributed by atoms with van der Waals surface area (Å²) < 4.78 is 26.2. The first-order valence-corrected chi connectivity index (χ1v) is 7.93. The van der Waals surface area contributed by atoms with Crippen LogP contribution in [0.3, 0.4) is 0 Å². The van der Waals surface area contributed by atoms with Crippen LogP contribution in [0.15, 0.2) is 23.1 Å². The molecule has 0 radical (unpaired) electrons. The minimum atomic E-state index is -3.96. The Morgan fingerprint density at radius 1 is 1.38 bits per heavy atom. The molecule has 2 rings (SSSR count). The largest absolute Gasteiger partial charge is 0.398 e. The fraction of sp³-hybridized carbons (Fsp3) is 0.385. The number of nitrogens with zero attached hydrogens (tertiary/aromatic N) is 1. The van der Waals surface area contributed by atoms with E-state index in [0.29, 0.717) is 5.69 Å². The van der Waals surface area contributed by atoms with Gasteiger partial charge >= 0.3 is 0 Å². The molecule has 1 heterocycles. The Morgan fingerprint density at radius 2 is 2.05 bits per heavy atom. The molecule has 114 valence electrons. The number of hydrogen-bond donors (Lipinski definition) is 2. The number of aryl methyl sites for hydroxylation is 1. The Hall–Kier alpha value is -1.93. The zero-order valence-electron chi connectivity index (χ0n) is 11.8. The predicted octanol–water partition coefficient (Wildman–Crippen LogP) is 0.00292. The van der Waals surface area contributed by atoms with Crippen LogP contribution in [0.1, 0.15) is 18.9 Å². The highest BCUT2D eigenvalue weighted by Gasteiger charge is 2.40. The number of piperazine rings is 1. The van der Waals surface area contributed by atoms with Crippen molar-refractivity contribution < 1.29 is 18.0 Å². The van der Waals surface area contributed by atoms with E-state index >= 15 is 0 Å². The highest BCUT2D eigenvalue weighted by molar-refractivity contribution is 7.89. The number of carbonyl (C=O) groups excluding carboxylic acids is 2. The molecule has 0 aliphatic carbocycles. The first-order chi connectivity index (χ1) is 9.77. The lowest BCUT2D eigenvalue weighted by atomic mass is 10.2. The van der Waals surface area contributed by atoms with Gasteiger partial charge in [-0.2, -0.15) is 4.31 Å². The number of nitrogens with one attached hydrogen (secondary N) is 1. The molecule has 1 unspecified atom stereocenters. The van der Waals surface area contributed by atoms with Crippen molar-refractivity contribution in [2.45, 2.75) is 31.2 Å². The summed E-state index contributed by atoms with van der Waals surface area (Å²) in [6.45, 7) is 3.07.